The molecule has 16 heavy (non-hydrogen) atoms. The van der Waals surface area contributed by atoms with Crippen LogP contribution in [0, 0.1) is 0 Å². The first-order chi connectivity index (χ1) is 7.49. The molecule has 3 rings (SSSR count). The van der Waals surface area contributed by atoms with Gasteiger partial charge in [0.15, 0.2) is 5.56 Å². The first-order valence-electron chi connectivity index (χ1n) is 5.37. The summed E-state index contributed by atoms with van der Waals surface area (Å²) in [4.78, 5) is 30.3. The van der Waals surface area contributed by atoms with Crippen LogP contribution in [0.3, 0.4) is 0 Å². The van der Waals surface area contributed by atoms with E-state index in [1.54, 1.807) is 13.8 Å². The smallest absolute Gasteiger partial charge is 0.346 e. The monoisotopic (exact) mass is 220 g/mol. The molecular weight excluding hydrogens is 208 g/mol. The SMILES string of the molecule is CC1(C)OC(=O)c2c1nc(C1CC1)[nH]c2=O. The molecule has 0 bridgehead atoms. The second-order valence-electron chi connectivity index (χ2n) is 4.85. The molecule has 0 radical (unpaired) electrons. The number of nitrogens with zero attached hydrogens (tertiary/aromatic N) is 1. The third-order valence-corrected chi connectivity index (χ3v) is 3.02. The summed E-state index contributed by atoms with van der Waals surface area (Å²) in [5.41, 5.74) is -0.621. The van der Waals surface area contributed by atoms with Crippen molar-refractivity contribution >= 4 is 5.97 Å². The maximum absolute atomic E-state index is 11.8. The molecule has 5 heteroatoms. The number of H-pyrrole nitrogens is 1. The van der Waals surface area contributed by atoms with E-state index in [4.69, 9.17) is 4.74 Å². The lowest BCUT2D eigenvalue weighted by Crippen LogP contribution is -2.22. The Labute approximate surface area is 91.9 Å². The van der Waals surface area contributed by atoms with Gasteiger partial charge >= 0.3 is 5.97 Å². The Kier molecular flexibility index (Phi) is 1.63. The number of cyclic esters (lactones) is 1. The lowest BCUT2D eigenvalue weighted by molar-refractivity contribution is 0.00824. The van der Waals surface area contributed by atoms with Crippen LogP contribution in [0.15, 0.2) is 4.79 Å². The normalized spacial score (nSPS) is 21.8. The van der Waals surface area contributed by atoms with E-state index in [1.165, 1.54) is 0 Å². The first kappa shape index (κ1) is 9.57. The molecule has 0 amide bonds. The van der Waals surface area contributed by atoms with Gasteiger partial charge in [-0.05, 0) is 26.7 Å². The standard InChI is InChI=1S/C11H12N2O3/c1-11(2)7-6(10(15)16-11)9(14)13-8(12-7)5-3-4-5/h5H,3-4H2,1-2H3,(H,12,13,14). The Bertz CT molecular complexity index is 541. The molecule has 1 N–H and O–H groups in total. The molecule has 0 atom stereocenters. The number of esters is 1. The van der Waals surface area contributed by atoms with E-state index in [1.807, 2.05) is 0 Å². The molecule has 5 nitrogen and oxygen atoms in total. The predicted octanol–water partition coefficient (Wildman–Crippen LogP) is 1.05. The Morgan fingerprint density at radius 2 is 2.06 bits per heavy atom. The van der Waals surface area contributed by atoms with Crippen LogP contribution in [0.5, 0.6) is 0 Å². The number of hydrogen-bond acceptors (Lipinski definition) is 4. The van der Waals surface area contributed by atoms with Crippen LogP contribution in [0.2, 0.25) is 0 Å². The lowest BCUT2D eigenvalue weighted by Gasteiger charge is -2.16. The van der Waals surface area contributed by atoms with Crippen molar-refractivity contribution in [2.24, 2.45) is 0 Å². The highest BCUT2D eigenvalue weighted by atomic mass is 16.6. The van der Waals surface area contributed by atoms with Crippen LogP contribution < -0.4 is 5.56 Å². The molecule has 84 valence electrons. The molecule has 2 aliphatic rings. The zero-order valence-corrected chi connectivity index (χ0v) is 9.16. The molecule has 1 aliphatic carbocycles. The number of fused-ring (bicyclic) bond motifs is 1. The fourth-order valence-electron chi connectivity index (χ4n) is 2.00. The second-order valence-corrected chi connectivity index (χ2v) is 4.85. The summed E-state index contributed by atoms with van der Waals surface area (Å²) in [6.45, 7) is 3.50. The Morgan fingerprint density at radius 1 is 1.38 bits per heavy atom. The van der Waals surface area contributed by atoms with Crippen LogP contribution in [0.25, 0.3) is 0 Å². The number of aromatic nitrogens is 2. The van der Waals surface area contributed by atoms with E-state index in [9.17, 15) is 9.59 Å². The molecule has 0 saturated heterocycles. The van der Waals surface area contributed by atoms with E-state index in [0.717, 1.165) is 12.8 Å². The zero-order valence-electron chi connectivity index (χ0n) is 9.16. The first-order valence-corrected chi connectivity index (χ1v) is 5.37. The fraction of sp³-hybridized carbons (Fsp3) is 0.545. The van der Waals surface area contributed by atoms with Crippen molar-refractivity contribution in [3.8, 4) is 0 Å². The minimum absolute atomic E-state index is 0.0643. The van der Waals surface area contributed by atoms with Crippen LogP contribution in [0.4, 0.5) is 0 Å². The van der Waals surface area contributed by atoms with Gasteiger partial charge in [-0.3, -0.25) is 4.79 Å². The minimum Gasteiger partial charge on any atom is -0.449 e. The van der Waals surface area contributed by atoms with E-state index < -0.39 is 11.6 Å². The van der Waals surface area contributed by atoms with E-state index >= 15 is 0 Å². The number of rotatable bonds is 1. The topological polar surface area (TPSA) is 72.0 Å². The number of carbonyl (C=O) groups is 1. The lowest BCUT2D eigenvalue weighted by atomic mass is 10.0. The molecule has 0 spiro atoms. The highest BCUT2D eigenvalue weighted by molar-refractivity contribution is 5.93. The molecule has 1 saturated carbocycles. The summed E-state index contributed by atoms with van der Waals surface area (Å²) in [6, 6.07) is 0. The molecule has 1 fully saturated rings. The molecule has 1 aromatic rings. The van der Waals surface area contributed by atoms with Gasteiger partial charge in [0.25, 0.3) is 5.56 Å². The Hall–Kier alpha value is -1.65. The van der Waals surface area contributed by atoms with Crippen molar-refractivity contribution in [1.82, 2.24) is 9.97 Å². The van der Waals surface area contributed by atoms with Gasteiger partial charge in [0.1, 0.15) is 17.1 Å². The van der Waals surface area contributed by atoms with Crippen LogP contribution in [0.1, 0.15) is 54.5 Å². The van der Waals surface area contributed by atoms with Crippen molar-refractivity contribution in [1.29, 1.82) is 0 Å². The van der Waals surface area contributed by atoms with Gasteiger partial charge < -0.3 is 9.72 Å². The highest BCUT2D eigenvalue weighted by Gasteiger charge is 2.43. The molecule has 2 heterocycles. The summed E-state index contributed by atoms with van der Waals surface area (Å²) in [5.74, 6) is 0.468. The van der Waals surface area contributed by atoms with Crippen molar-refractivity contribution < 1.29 is 9.53 Å². The Morgan fingerprint density at radius 3 is 2.69 bits per heavy atom. The van der Waals surface area contributed by atoms with Crippen molar-refractivity contribution in [2.75, 3.05) is 0 Å². The number of carbonyl (C=O) groups excluding carboxylic acids is 1. The molecule has 0 unspecified atom stereocenters. The van der Waals surface area contributed by atoms with Crippen molar-refractivity contribution in [3.63, 3.8) is 0 Å². The molecule has 0 aromatic carbocycles. The van der Waals surface area contributed by atoms with Gasteiger partial charge in [-0.2, -0.15) is 0 Å². The van der Waals surface area contributed by atoms with Gasteiger partial charge in [-0.15, -0.1) is 0 Å². The third-order valence-electron chi connectivity index (χ3n) is 3.02. The summed E-state index contributed by atoms with van der Waals surface area (Å²) in [5, 5.41) is 0. The quantitative estimate of drug-likeness (QED) is 0.718. The maximum Gasteiger partial charge on any atom is 0.346 e. The molecule has 1 aliphatic heterocycles. The minimum atomic E-state index is -0.787. The van der Waals surface area contributed by atoms with Gasteiger partial charge in [0.05, 0.1) is 0 Å². The van der Waals surface area contributed by atoms with Crippen LogP contribution in [-0.4, -0.2) is 15.9 Å². The molecular formula is C11H12N2O3. The van der Waals surface area contributed by atoms with Gasteiger partial charge in [0.2, 0.25) is 0 Å². The van der Waals surface area contributed by atoms with Crippen molar-refractivity contribution in [3.05, 3.63) is 27.4 Å². The number of hydrogen-bond donors (Lipinski definition) is 1. The van der Waals surface area contributed by atoms with E-state index in [2.05, 4.69) is 9.97 Å². The van der Waals surface area contributed by atoms with Crippen LogP contribution >= 0.6 is 0 Å². The zero-order chi connectivity index (χ0) is 11.5. The van der Waals surface area contributed by atoms with E-state index in [-0.39, 0.29) is 11.1 Å². The average molecular weight is 220 g/mol. The van der Waals surface area contributed by atoms with Gasteiger partial charge in [0, 0.05) is 5.92 Å². The molecule has 1 aromatic heterocycles. The fourth-order valence-corrected chi connectivity index (χ4v) is 2.00. The summed E-state index contributed by atoms with van der Waals surface area (Å²) < 4.78 is 5.13. The predicted molar refractivity (Wildman–Crippen MR) is 55.3 cm³/mol. The largest absolute Gasteiger partial charge is 0.449 e. The summed E-state index contributed by atoms with van der Waals surface area (Å²) >= 11 is 0. The second kappa shape index (κ2) is 2.72. The maximum atomic E-state index is 11.8. The van der Waals surface area contributed by atoms with Crippen molar-refractivity contribution in [2.45, 2.75) is 38.2 Å². The summed E-state index contributed by atoms with van der Waals surface area (Å²) in [7, 11) is 0. The third kappa shape index (κ3) is 1.20. The van der Waals surface area contributed by atoms with E-state index in [0.29, 0.717) is 17.4 Å². The van der Waals surface area contributed by atoms with Gasteiger partial charge in [-0.1, -0.05) is 0 Å². The number of nitrogens with one attached hydrogen (secondary N) is 1. The highest BCUT2D eigenvalue weighted by Crippen LogP contribution is 2.39. The van der Waals surface area contributed by atoms with Gasteiger partial charge in [-0.25, -0.2) is 9.78 Å². The summed E-state index contributed by atoms with van der Waals surface area (Å²) in [6.07, 6.45) is 2.11. The number of aromatic amines is 1. The van der Waals surface area contributed by atoms with Crippen LogP contribution in [-0.2, 0) is 10.3 Å². The number of ether oxygens (including phenoxy) is 1. The Balaban J connectivity index is 2.25. The average Bonchev–Trinajstić information content (AvgIpc) is 2.95.